The summed E-state index contributed by atoms with van der Waals surface area (Å²) >= 11 is 5.16. The van der Waals surface area contributed by atoms with Crippen molar-refractivity contribution < 1.29 is 4.39 Å². The van der Waals surface area contributed by atoms with E-state index in [9.17, 15) is 4.39 Å². The number of hydrogen-bond acceptors (Lipinski definition) is 4. The van der Waals surface area contributed by atoms with Gasteiger partial charge in [-0.1, -0.05) is 12.2 Å². The summed E-state index contributed by atoms with van der Waals surface area (Å²) in [6.45, 7) is 6.39. The van der Waals surface area contributed by atoms with Gasteiger partial charge in [0, 0.05) is 12.2 Å². The van der Waals surface area contributed by atoms with Crippen LogP contribution < -0.4 is 10.6 Å². The summed E-state index contributed by atoms with van der Waals surface area (Å²) in [5.41, 5.74) is 9.08. The SMILES string of the molecule is CCN(c1ccc(F)cc1)c1nnc(C)c(C)c1C(N)=S. The van der Waals surface area contributed by atoms with Gasteiger partial charge in [0.25, 0.3) is 0 Å². The maximum Gasteiger partial charge on any atom is 0.166 e. The largest absolute Gasteiger partial charge is 0.389 e. The molecule has 0 saturated heterocycles. The van der Waals surface area contributed by atoms with Crippen LogP contribution in [-0.4, -0.2) is 21.7 Å². The third-order valence-electron chi connectivity index (χ3n) is 3.39. The zero-order chi connectivity index (χ0) is 15.6. The van der Waals surface area contributed by atoms with Gasteiger partial charge in [0.15, 0.2) is 5.82 Å². The first-order valence-corrected chi connectivity index (χ1v) is 7.03. The summed E-state index contributed by atoms with van der Waals surface area (Å²) in [7, 11) is 0. The van der Waals surface area contributed by atoms with E-state index in [1.54, 1.807) is 12.1 Å². The molecule has 0 radical (unpaired) electrons. The summed E-state index contributed by atoms with van der Waals surface area (Å²) in [6.07, 6.45) is 0. The molecule has 2 N–H and O–H groups in total. The number of rotatable bonds is 4. The fourth-order valence-electron chi connectivity index (χ4n) is 2.16. The van der Waals surface area contributed by atoms with E-state index in [1.165, 1.54) is 12.1 Å². The van der Waals surface area contributed by atoms with Gasteiger partial charge >= 0.3 is 0 Å². The summed E-state index contributed by atoms with van der Waals surface area (Å²) in [4.78, 5) is 2.19. The van der Waals surface area contributed by atoms with E-state index in [4.69, 9.17) is 18.0 Å². The van der Waals surface area contributed by atoms with Crippen LogP contribution in [0.1, 0.15) is 23.7 Å². The Morgan fingerprint density at radius 1 is 1.24 bits per heavy atom. The summed E-state index contributed by atoms with van der Waals surface area (Å²) in [5.74, 6) is 0.315. The number of nitrogens with two attached hydrogens (primary N) is 1. The third kappa shape index (κ3) is 3.00. The quantitative estimate of drug-likeness (QED) is 0.880. The van der Waals surface area contributed by atoms with Crippen molar-refractivity contribution in [3.05, 3.63) is 46.9 Å². The zero-order valence-corrected chi connectivity index (χ0v) is 13.0. The Hall–Kier alpha value is -2.08. The molecule has 110 valence electrons. The first-order valence-electron chi connectivity index (χ1n) is 6.62. The van der Waals surface area contributed by atoms with Crippen LogP contribution >= 0.6 is 12.2 Å². The first kappa shape index (κ1) is 15.3. The average molecular weight is 304 g/mol. The molecule has 6 heteroatoms. The van der Waals surface area contributed by atoms with Gasteiger partial charge in [0.1, 0.15) is 10.8 Å². The molecule has 0 bridgehead atoms. The van der Waals surface area contributed by atoms with Crippen LogP contribution in [0.3, 0.4) is 0 Å². The second-order valence-corrected chi connectivity index (χ2v) is 5.13. The van der Waals surface area contributed by atoms with Crippen LogP contribution in [0.4, 0.5) is 15.9 Å². The van der Waals surface area contributed by atoms with Crippen LogP contribution in [0.15, 0.2) is 24.3 Å². The van der Waals surface area contributed by atoms with E-state index in [0.717, 1.165) is 16.9 Å². The molecule has 0 unspecified atom stereocenters. The molecule has 0 aliphatic carbocycles. The van der Waals surface area contributed by atoms with E-state index in [2.05, 4.69) is 10.2 Å². The summed E-state index contributed by atoms with van der Waals surface area (Å²) in [5, 5.41) is 8.40. The van der Waals surface area contributed by atoms with Crippen molar-refractivity contribution in [2.75, 3.05) is 11.4 Å². The van der Waals surface area contributed by atoms with Crippen LogP contribution in [0, 0.1) is 19.7 Å². The molecular formula is C15H17FN4S. The minimum Gasteiger partial charge on any atom is -0.389 e. The molecule has 1 aromatic heterocycles. The van der Waals surface area contributed by atoms with Gasteiger partial charge in [-0.3, -0.25) is 0 Å². The van der Waals surface area contributed by atoms with Gasteiger partial charge in [-0.05, 0) is 50.6 Å². The van der Waals surface area contributed by atoms with Crippen LogP contribution in [0.5, 0.6) is 0 Å². The number of halogens is 1. The minimum absolute atomic E-state index is 0.279. The van der Waals surface area contributed by atoms with Crippen molar-refractivity contribution >= 4 is 28.7 Å². The molecule has 0 spiro atoms. The zero-order valence-electron chi connectivity index (χ0n) is 12.2. The van der Waals surface area contributed by atoms with E-state index < -0.39 is 0 Å². The number of aromatic nitrogens is 2. The Morgan fingerprint density at radius 2 is 1.86 bits per heavy atom. The van der Waals surface area contributed by atoms with Crippen molar-refractivity contribution in [2.45, 2.75) is 20.8 Å². The van der Waals surface area contributed by atoms with E-state index >= 15 is 0 Å². The second kappa shape index (κ2) is 6.13. The minimum atomic E-state index is -0.282. The maximum absolute atomic E-state index is 13.1. The van der Waals surface area contributed by atoms with Crippen LogP contribution in [0.2, 0.25) is 0 Å². The number of nitrogens with zero attached hydrogens (tertiary/aromatic N) is 3. The molecule has 0 fully saturated rings. The Kier molecular flexibility index (Phi) is 4.47. The fraction of sp³-hybridized carbons (Fsp3) is 0.267. The fourth-order valence-corrected chi connectivity index (χ4v) is 2.40. The molecule has 0 aliphatic rings. The van der Waals surface area contributed by atoms with Crippen molar-refractivity contribution in [1.82, 2.24) is 10.2 Å². The highest BCUT2D eigenvalue weighted by Gasteiger charge is 2.19. The Morgan fingerprint density at radius 3 is 2.38 bits per heavy atom. The van der Waals surface area contributed by atoms with Crippen molar-refractivity contribution in [1.29, 1.82) is 0 Å². The molecule has 1 heterocycles. The van der Waals surface area contributed by atoms with E-state index in [0.29, 0.717) is 17.9 Å². The predicted molar refractivity (Wildman–Crippen MR) is 86.5 cm³/mol. The summed E-state index contributed by atoms with van der Waals surface area (Å²) in [6, 6.07) is 6.21. The highest BCUT2D eigenvalue weighted by atomic mass is 32.1. The predicted octanol–water partition coefficient (Wildman–Crippen LogP) is 3.02. The lowest BCUT2D eigenvalue weighted by Crippen LogP contribution is -2.24. The first-order chi connectivity index (χ1) is 9.95. The summed E-state index contributed by atoms with van der Waals surface area (Å²) < 4.78 is 13.1. The highest BCUT2D eigenvalue weighted by molar-refractivity contribution is 7.80. The lowest BCUT2D eigenvalue weighted by Gasteiger charge is -2.25. The molecule has 0 saturated carbocycles. The topological polar surface area (TPSA) is 55.0 Å². The van der Waals surface area contributed by atoms with Gasteiger partial charge in [-0.15, -0.1) is 5.10 Å². The number of anilines is 2. The lowest BCUT2D eigenvalue weighted by molar-refractivity contribution is 0.627. The average Bonchev–Trinajstić information content (AvgIpc) is 2.45. The number of thiocarbonyl (C=S) groups is 1. The Labute approximate surface area is 128 Å². The Balaban J connectivity index is 2.60. The molecule has 0 atom stereocenters. The van der Waals surface area contributed by atoms with Crippen molar-refractivity contribution in [2.24, 2.45) is 5.73 Å². The van der Waals surface area contributed by atoms with E-state index in [-0.39, 0.29) is 10.8 Å². The molecule has 0 amide bonds. The normalized spacial score (nSPS) is 10.5. The number of hydrogen-bond donors (Lipinski definition) is 1. The molecule has 4 nitrogen and oxygen atoms in total. The second-order valence-electron chi connectivity index (χ2n) is 4.69. The Bertz CT molecular complexity index is 670. The third-order valence-corrected chi connectivity index (χ3v) is 3.60. The molecule has 2 rings (SSSR count). The van der Waals surface area contributed by atoms with E-state index in [1.807, 2.05) is 25.7 Å². The van der Waals surface area contributed by atoms with Crippen LogP contribution in [0.25, 0.3) is 0 Å². The van der Waals surface area contributed by atoms with Gasteiger partial charge in [0.2, 0.25) is 0 Å². The molecule has 1 aromatic carbocycles. The molecule has 2 aromatic rings. The standard InChI is InChI=1S/C15H17FN4S/c1-4-20(12-7-5-11(16)6-8-12)15-13(14(17)21)9(2)10(3)18-19-15/h5-8H,4H2,1-3H3,(H2,17,21). The smallest absolute Gasteiger partial charge is 0.166 e. The highest BCUT2D eigenvalue weighted by Crippen LogP contribution is 2.28. The molecular weight excluding hydrogens is 287 g/mol. The van der Waals surface area contributed by atoms with Crippen molar-refractivity contribution in [3.8, 4) is 0 Å². The number of aryl methyl sites for hydroxylation is 1. The van der Waals surface area contributed by atoms with Gasteiger partial charge in [-0.2, -0.15) is 5.10 Å². The van der Waals surface area contributed by atoms with Crippen molar-refractivity contribution in [3.63, 3.8) is 0 Å². The lowest BCUT2D eigenvalue weighted by atomic mass is 10.1. The molecule has 21 heavy (non-hydrogen) atoms. The van der Waals surface area contributed by atoms with Gasteiger partial charge in [-0.25, -0.2) is 4.39 Å². The van der Waals surface area contributed by atoms with Gasteiger partial charge in [0.05, 0.1) is 11.3 Å². The number of benzene rings is 1. The maximum atomic E-state index is 13.1. The molecule has 0 aliphatic heterocycles. The monoisotopic (exact) mass is 304 g/mol. The van der Waals surface area contributed by atoms with Gasteiger partial charge < -0.3 is 10.6 Å². The van der Waals surface area contributed by atoms with Crippen LogP contribution in [-0.2, 0) is 0 Å².